The predicted molar refractivity (Wildman–Crippen MR) is 139 cm³/mol. The first-order valence-corrected chi connectivity index (χ1v) is 13.0. The van der Waals surface area contributed by atoms with Crippen molar-refractivity contribution in [2.75, 3.05) is 26.3 Å². The molecular formula is C29H34FN3O5. The summed E-state index contributed by atoms with van der Waals surface area (Å²) in [5, 5.41) is 0. The van der Waals surface area contributed by atoms with Gasteiger partial charge in [-0.1, -0.05) is 24.3 Å². The number of hydrogen-bond acceptors (Lipinski definition) is 7. The molecule has 1 aromatic heterocycles. The van der Waals surface area contributed by atoms with E-state index < -0.39 is 0 Å². The van der Waals surface area contributed by atoms with E-state index in [1.807, 2.05) is 31.2 Å². The molecule has 202 valence electrons. The summed E-state index contributed by atoms with van der Waals surface area (Å²) < 4.78 is 29.8. The van der Waals surface area contributed by atoms with Crippen LogP contribution in [-0.2, 0) is 29.2 Å². The Bertz CT molecular complexity index is 1190. The second-order valence-corrected chi connectivity index (χ2v) is 9.29. The summed E-state index contributed by atoms with van der Waals surface area (Å²) in [4.78, 5) is 33.3. The van der Waals surface area contributed by atoms with Gasteiger partial charge in [0.2, 0.25) is 5.89 Å². The van der Waals surface area contributed by atoms with Crippen molar-refractivity contribution in [3.8, 4) is 5.75 Å². The Morgan fingerprint density at radius 2 is 1.61 bits per heavy atom. The van der Waals surface area contributed by atoms with Crippen molar-refractivity contribution in [3.63, 3.8) is 0 Å². The molecular weight excluding hydrogens is 489 g/mol. The third-order valence-corrected chi connectivity index (χ3v) is 6.49. The van der Waals surface area contributed by atoms with Crippen LogP contribution in [0.2, 0.25) is 0 Å². The van der Waals surface area contributed by atoms with Gasteiger partial charge in [0.05, 0.1) is 25.7 Å². The minimum absolute atomic E-state index is 0.172. The highest BCUT2D eigenvalue weighted by Crippen LogP contribution is 2.21. The van der Waals surface area contributed by atoms with E-state index in [0.717, 1.165) is 16.9 Å². The maximum atomic E-state index is 13.4. The van der Waals surface area contributed by atoms with Gasteiger partial charge in [-0.2, -0.15) is 0 Å². The van der Waals surface area contributed by atoms with Gasteiger partial charge in [-0.15, -0.1) is 0 Å². The molecule has 1 saturated heterocycles. The largest absolute Gasteiger partial charge is 0.494 e. The summed E-state index contributed by atoms with van der Waals surface area (Å²) in [6.45, 7) is 7.13. The molecule has 1 amide bonds. The zero-order valence-corrected chi connectivity index (χ0v) is 21.9. The first kappa shape index (κ1) is 27.3. The minimum Gasteiger partial charge on any atom is -0.494 e. The van der Waals surface area contributed by atoms with Gasteiger partial charge in [0.25, 0.3) is 5.91 Å². The molecule has 1 aliphatic heterocycles. The molecule has 0 atom stereocenters. The molecule has 8 nitrogen and oxygen atoms in total. The number of ether oxygens (including phenoxy) is 2. The van der Waals surface area contributed by atoms with Crippen LogP contribution >= 0.6 is 0 Å². The zero-order chi connectivity index (χ0) is 26.9. The highest BCUT2D eigenvalue weighted by atomic mass is 19.1. The Balaban J connectivity index is 1.41. The fraction of sp³-hybridized carbons (Fsp3) is 0.414. The minimum atomic E-state index is -0.283. The molecule has 38 heavy (non-hydrogen) atoms. The van der Waals surface area contributed by atoms with Crippen molar-refractivity contribution < 1.29 is 27.9 Å². The fourth-order valence-electron chi connectivity index (χ4n) is 4.55. The van der Waals surface area contributed by atoms with E-state index in [0.29, 0.717) is 64.7 Å². The van der Waals surface area contributed by atoms with Crippen molar-refractivity contribution in [2.45, 2.75) is 46.3 Å². The number of amides is 1. The molecule has 0 spiro atoms. The number of esters is 1. The lowest BCUT2D eigenvalue weighted by atomic mass is 9.97. The van der Waals surface area contributed by atoms with E-state index in [4.69, 9.17) is 13.9 Å². The molecule has 9 heteroatoms. The number of piperidine rings is 1. The number of carbonyl (C=O) groups excluding carboxylic acids is 2. The van der Waals surface area contributed by atoms with Gasteiger partial charge in [-0.3, -0.25) is 14.5 Å². The van der Waals surface area contributed by atoms with Gasteiger partial charge < -0.3 is 18.8 Å². The summed E-state index contributed by atoms with van der Waals surface area (Å²) >= 11 is 0. The summed E-state index contributed by atoms with van der Waals surface area (Å²) in [7, 11) is 0. The third kappa shape index (κ3) is 7.41. The first-order chi connectivity index (χ1) is 18.4. The maximum Gasteiger partial charge on any atom is 0.309 e. The van der Waals surface area contributed by atoms with Gasteiger partial charge in [-0.05, 0) is 62.1 Å². The number of oxazole rings is 1. The van der Waals surface area contributed by atoms with E-state index in [2.05, 4.69) is 9.88 Å². The number of rotatable bonds is 11. The second-order valence-electron chi connectivity index (χ2n) is 9.29. The van der Waals surface area contributed by atoms with Gasteiger partial charge in [0, 0.05) is 26.2 Å². The van der Waals surface area contributed by atoms with E-state index in [1.54, 1.807) is 24.0 Å². The molecule has 0 saturated carbocycles. The molecule has 2 aromatic carbocycles. The molecule has 0 radical (unpaired) electrons. The van der Waals surface area contributed by atoms with E-state index in [-0.39, 0.29) is 29.3 Å². The molecule has 1 fully saturated rings. The normalized spacial score (nSPS) is 14.1. The number of aromatic nitrogens is 1. The standard InChI is InChI=1S/C29H34FN3O5/c1-3-36-25-11-7-22(8-12-25)18-32(17-21-5-9-24(30)10-6-21)19-27-31-26(20-38-27)28(34)33-15-13-23(14-16-33)29(35)37-4-2/h5-12,20,23H,3-4,13-19H2,1-2H3. The molecule has 3 aromatic rings. The van der Waals surface area contributed by atoms with Crippen LogP contribution in [0.1, 0.15) is 54.2 Å². The lowest BCUT2D eigenvalue weighted by Gasteiger charge is -2.30. The topological polar surface area (TPSA) is 85.1 Å². The number of likely N-dealkylation sites (tertiary alicyclic amines) is 1. The lowest BCUT2D eigenvalue weighted by Crippen LogP contribution is -2.40. The Morgan fingerprint density at radius 3 is 2.21 bits per heavy atom. The van der Waals surface area contributed by atoms with Crippen LogP contribution in [0.4, 0.5) is 4.39 Å². The summed E-state index contributed by atoms with van der Waals surface area (Å²) in [6, 6.07) is 14.3. The summed E-state index contributed by atoms with van der Waals surface area (Å²) in [5.74, 6) is 0.366. The van der Waals surface area contributed by atoms with Crippen LogP contribution < -0.4 is 4.74 Å². The van der Waals surface area contributed by atoms with Crippen LogP contribution in [0.3, 0.4) is 0 Å². The van der Waals surface area contributed by atoms with Gasteiger partial charge in [0.1, 0.15) is 17.8 Å². The Kier molecular flexibility index (Phi) is 9.48. The zero-order valence-electron chi connectivity index (χ0n) is 21.9. The molecule has 0 unspecified atom stereocenters. The Hall–Kier alpha value is -3.72. The van der Waals surface area contributed by atoms with Gasteiger partial charge >= 0.3 is 5.97 Å². The molecule has 1 aliphatic rings. The van der Waals surface area contributed by atoms with E-state index in [1.165, 1.54) is 18.4 Å². The second kappa shape index (κ2) is 13.2. The van der Waals surface area contributed by atoms with Crippen LogP contribution in [0.5, 0.6) is 5.75 Å². The van der Waals surface area contributed by atoms with Crippen molar-refractivity contribution in [2.24, 2.45) is 5.92 Å². The molecule has 4 rings (SSSR count). The Labute approximate surface area is 222 Å². The number of carbonyl (C=O) groups is 2. The fourth-order valence-corrected chi connectivity index (χ4v) is 4.55. The SMILES string of the molecule is CCOC(=O)C1CCN(C(=O)c2coc(CN(Cc3ccc(F)cc3)Cc3ccc(OCC)cc3)n2)CC1. The molecule has 0 bridgehead atoms. The number of benzene rings is 2. The number of nitrogens with zero attached hydrogens (tertiary/aromatic N) is 3. The highest BCUT2D eigenvalue weighted by molar-refractivity contribution is 5.92. The molecule has 0 N–H and O–H groups in total. The van der Waals surface area contributed by atoms with Gasteiger partial charge in [0.15, 0.2) is 5.69 Å². The maximum absolute atomic E-state index is 13.4. The summed E-state index contributed by atoms with van der Waals surface area (Å²) in [6.07, 6.45) is 2.54. The van der Waals surface area contributed by atoms with E-state index in [9.17, 15) is 14.0 Å². The Morgan fingerprint density at radius 1 is 0.974 bits per heavy atom. The van der Waals surface area contributed by atoms with Crippen LogP contribution in [0.25, 0.3) is 0 Å². The van der Waals surface area contributed by atoms with E-state index >= 15 is 0 Å². The number of hydrogen-bond donors (Lipinski definition) is 0. The summed E-state index contributed by atoms with van der Waals surface area (Å²) in [5.41, 5.74) is 2.27. The molecule has 0 aliphatic carbocycles. The smallest absolute Gasteiger partial charge is 0.309 e. The monoisotopic (exact) mass is 523 g/mol. The first-order valence-electron chi connectivity index (χ1n) is 13.0. The lowest BCUT2D eigenvalue weighted by molar-refractivity contribution is -0.149. The average Bonchev–Trinajstić information content (AvgIpc) is 3.39. The highest BCUT2D eigenvalue weighted by Gasteiger charge is 2.30. The van der Waals surface area contributed by atoms with Crippen molar-refractivity contribution in [1.29, 1.82) is 0 Å². The quantitative estimate of drug-likeness (QED) is 0.333. The van der Waals surface area contributed by atoms with Crippen LogP contribution in [0, 0.1) is 11.7 Å². The molecule has 2 heterocycles. The predicted octanol–water partition coefficient (Wildman–Crippen LogP) is 4.83. The van der Waals surface area contributed by atoms with Crippen LogP contribution in [0.15, 0.2) is 59.2 Å². The van der Waals surface area contributed by atoms with Crippen molar-refractivity contribution >= 4 is 11.9 Å². The third-order valence-electron chi connectivity index (χ3n) is 6.49. The number of halogens is 1. The van der Waals surface area contributed by atoms with Crippen molar-refractivity contribution in [3.05, 3.63) is 83.3 Å². The van der Waals surface area contributed by atoms with Crippen molar-refractivity contribution in [1.82, 2.24) is 14.8 Å². The average molecular weight is 524 g/mol. The van der Waals surface area contributed by atoms with Gasteiger partial charge in [-0.25, -0.2) is 9.37 Å². The van der Waals surface area contributed by atoms with Crippen LogP contribution in [-0.4, -0.2) is 53.0 Å².